The van der Waals surface area contributed by atoms with Crippen molar-refractivity contribution < 1.29 is 0 Å². The standard InChI is InChI=1S/C13H23N3O/c1-9-11(12(17)16(7)15(9)6)8-14-10(2)13(3,4)5/h14H,2,8H2,1,3-7H3. The van der Waals surface area contributed by atoms with Crippen LogP contribution in [-0.4, -0.2) is 9.36 Å². The number of rotatable bonds is 3. The van der Waals surface area contributed by atoms with Crippen LogP contribution in [-0.2, 0) is 20.6 Å². The largest absolute Gasteiger partial charge is 0.384 e. The molecule has 1 N–H and O–H groups in total. The average molecular weight is 237 g/mol. The Labute approximate surface area is 103 Å². The summed E-state index contributed by atoms with van der Waals surface area (Å²) in [6.45, 7) is 12.8. The van der Waals surface area contributed by atoms with E-state index in [1.54, 1.807) is 11.7 Å². The monoisotopic (exact) mass is 237 g/mol. The molecule has 0 unspecified atom stereocenters. The van der Waals surface area contributed by atoms with Crippen molar-refractivity contribution in [2.24, 2.45) is 19.5 Å². The first-order valence-corrected chi connectivity index (χ1v) is 5.81. The van der Waals surface area contributed by atoms with E-state index in [0.29, 0.717) is 6.54 Å². The molecule has 96 valence electrons. The molecular weight excluding hydrogens is 214 g/mol. The SMILES string of the molecule is C=C(NCc1c(C)n(C)n(C)c1=O)C(C)(C)C. The summed E-state index contributed by atoms with van der Waals surface area (Å²) in [5, 5.41) is 3.24. The van der Waals surface area contributed by atoms with Crippen LogP contribution in [0.5, 0.6) is 0 Å². The number of hydrogen-bond donors (Lipinski definition) is 1. The molecule has 17 heavy (non-hydrogen) atoms. The van der Waals surface area contributed by atoms with Crippen molar-refractivity contribution in [2.45, 2.75) is 34.2 Å². The highest BCUT2D eigenvalue weighted by molar-refractivity contribution is 5.18. The van der Waals surface area contributed by atoms with Gasteiger partial charge < -0.3 is 5.32 Å². The second-order valence-electron chi connectivity index (χ2n) is 5.50. The lowest BCUT2D eigenvalue weighted by atomic mass is 9.93. The maximum atomic E-state index is 11.9. The zero-order valence-corrected chi connectivity index (χ0v) is 11.7. The molecule has 1 aromatic heterocycles. The second-order valence-corrected chi connectivity index (χ2v) is 5.50. The highest BCUT2D eigenvalue weighted by Gasteiger charge is 2.17. The number of aromatic nitrogens is 2. The van der Waals surface area contributed by atoms with Gasteiger partial charge in [-0.25, -0.2) is 0 Å². The maximum Gasteiger partial charge on any atom is 0.271 e. The lowest BCUT2D eigenvalue weighted by Crippen LogP contribution is -2.26. The summed E-state index contributed by atoms with van der Waals surface area (Å²) in [7, 11) is 3.66. The van der Waals surface area contributed by atoms with Crippen LogP contribution in [0, 0.1) is 12.3 Å². The Morgan fingerprint density at radius 3 is 2.18 bits per heavy atom. The minimum Gasteiger partial charge on any atom is -0.384 e. The fourth-order valence-electron chi connectivity index (χ4n) is 1.57. The van der Waals surface area contributed by atoms with Crippen LogP contribution in [0.25, 0.3) is 0 Å². The Kier molecular flexibility index (Phi) is 3.55. The molecule has 1 rings (SSSR count). The third-order valence-electron chi connectivity index (χ3n) is 3.31. The zero-order chi connectivity index (χ0) is 13.4. The summed E-state index contributed by atoms with van der Waals surface area (Å²) in [5.74, 6) is 0. The molecule has 0 aliphatic heterocycles. The van der Waals surface area contributed by atoms with E-state index in [1.165, 1.54) is 0 Å². The van der Waals surface area contributed by atoms with Gasteiger partial charge in [0.25, 0.3) is 5.56 Å². The summed E-state index contributed by atoms with van der Waals surface area (Å²) in [6.07, 6.45) is 0. The molecule has 0 saturated heterocycles. The molecule has 0 radical (unpaired) electrons. The fourth-order valence-corrected chi connectivity index (χ4v) is 1.57. The van der Waals surface area contributed by atoms with Gasteiger partial charge in [-0.15, -0.1) is 0 Å². The first kappa shape index (κ1) is 13.6. The fraction of sp³-hybridized carbons (Fsp3) is 0.615. The molecule has 0 amide bonds. The topological polar surface area (TPSA) is 39.0 Å². The van der Waals surface area contributed by atoms with Gasteiger partial charge in [0.2, 0.25) is 0 Å². The van der Waals surface area contributed by atoms with Gasteiger partial charge >= 0.3 is 0 Å². The molecule has 4 heteroatoms. The van der Waals surface area contributed by atoms with Gasteiger partial charge in [-0.3, -0.25) is 14.2 Å². The van der Waals surface area contributed by atoms with E-state index >= 15 is 0 Å². The van der Waals surface area contributed by atoms with Gasteiger partial charge in [0, 0.05) is 37.4 Å². The normalized spacial score (nSPS) is 11.6. The van der Waals surface area contributed by atoms with Crippen molar-refractivity contribution in [3.8, 4) is 0 Å². The summed E-state index contributed by atoms with van der Waals surface area (Å²) < 4.78 is 3.48. The third-order valence-corrected chi connectivity index (χ3v) is 3.31. The van der Waals surface area contributed by atoms with Crippen molar-refractivity contribution in [1.82, 2.24) is 14.7 Å². The third kappa shape index (κ3) is 2.62. The van der Waals surface area contributed by atoms with E-state index in [4.69, 9.17) is 0 Å². The van der Waals surface area contributed by atoms with Gasteiger partial charge in [0.1, 0.15) is 0 Å². The summed E-state index contributed by atoms with van der Waals surface area (Å²) in [6, 6.07) is 0. The predicted octanol–water partition coefficient (Wildman–Crippen LogP) is 1.68. The van der Waals surface area contributed by atoms with E-state index in [2.05, 4.69) is 32.7 Å². The van der Waals surface area contributed by atoms with Crippen LogP contribution in [0.2, 0.25) is 0 Å². The molecule has 0 fully saturated rings. The molecular formula is C13H23N3O. The molecule has 1 aromatic rings. The van der Waals surface area contributed by atoms with Crippen molar-refractivity contribution >= 4 is 0 Å². The Balaban J connectivity index is 2.89. The molecule has 4 nitrogen and oxygen atoms in total. The Morgan fingerprint density at radius 1 is 1.29 bits per heavy atom. The summed E-state index contributed by atoms with van der Waals surface area (Å²) >= 11 is 0. The maximum absolute atomic E-state index is 11.9. The quantitative estimate of drug-likeness (QED) is 0.868. The smallest absolute Gasteiger partial charge is 0.271 e. The summed E-state index contributed by atoms with van der Waals surface area (Å²) in [4.78, 5) is 11.9. The van der Waals surface area contributed by atoms with Gasteiger partial charge in [0.05, 0.1) is 5.56 Å². The van der Waals surface area contributed by atoms with Crippen LogP contribution in [0.1, 0.15) is 32.0 Å². The van der Waals surface area contributed by atoms with Crippen LogP contribution in [0.3, 0.4) is 0 Å². The number of nitrogens with one attached hydrogen (secondary N) is 1. The first-order chi connectivity index (χ1) is 7.66. The highest BCUT2D eigenvalue weighted by Crippen LogP contribution is 2.21. The van der Waals surface area contributed by atoms with Crippen LogP contribution in [0.4, 0.5) is 0 Å². The molecule has 0 saturated carbocycles. The van der Waals surface area contributed by atoms with Gasteiger partial charge in [-0.1, -0.05) is 27.4 Å². The summed E-state index contributed by atoms with van der Waals surface area (Å²) in [5.41, 5.74) is 2.81. The van der Waals surface area contributed by atoms with Gasteiger partial charge in [-0.05, 0) is 6.92 Å². The molecule has 0 atom stereocenters. The van der Waals surface area contributed by atoms with Gasteiger partial charge in [0.15, 0.2) is 0 Å². The number of hydrogen-bond acceptors (Lipinski definition) is 2. The van der Waals surface area contributed by atoms with Crippen LogP contribution >= 0.6 is 0 Å². The van der Waals surface area contributed by atoms with E-state index in [9.17, 15) is 4.79 Å². The first-order valence-electron chi connectivity index (χ1n) is 5.81. The Bertz CT molecular complexity index is 486. The lowest BCUT2D eigenvalue weighted by Gasteiger charge is -2.22. The van der Waals surface area contributed by atoms with Crippen LogP contribution < -0.4 is 10.9 Å². The minimum atomic E-state index is 0.00786. The molecule has 0 aliphatic rings. The zero-order valence-electron chi connectivity index (χ0n) is 11.7. The van der Waals surface area contributed by atoms with Gasteiger partial charge in [-0.2, -0.15) is 0 Å². The highest BCUT2D eigenvalue weighted by atomic mass is 16.1. The molecule has 0 spiro atoms. The second kappa shape index (κ2) is 4.43. The average Bonchev–Trinajstić information content (AvgIpc) is 2.40. The Hall–Kier alpha value is -1.45. The molecule has 0 aliphatic carbocycles. The van der Waals surface area contributed by atoms with Crippen molar-refractivity contribution in [1.29, 1.82) is 0 Å². The molecule has 1 heterocycles. The van der Waals surface area contributed by atoms with E-state index in [0.717, 1.165) is 17.0 Å². The predicted molar refractivity (Wildman–Crippen MR) is 70.8 cm³/mol. The van der Waals surface area contributed by atoms with Crippen molar-refractivity contribution in [3.63, 3.8) is 0 Å². The minimum absolute atomic E-state index is 0.00786. The van der Waals surface area contributed by atoms with Crippen molar-refractivity contribution in [2.75, 3.05) is 0 Å². The lowest BCUT2D eigenvalue weighted by molar-refractivity contribution is 0.461. The number of nitrogens with zero attached hydrogens (tertiary/aromatic N) is 2. The number of allylic oxidation sites excluding steroid dienone is 1. The van der Waals surface area contributed by atoms with E-state index < -0.39 is 0 Å². The molecule has 0 aromatic carbocycles. The molecule has 0 bridgehead atoms. The Morgan fingerprint density at radius 2 is 1.82 bits per heavy atom. The van der Waals surface area contributed by atoms with Crippen molar-refractivity contribution in [3.05, 3.63) is 33.9 Å². The van der Waals surface area contributed by atoms with Crippen LogP contribution in [0.15, 0.2) is 17.1 Å². The van der Waals surface area contributed by atoms with E-state index in [1.807, 2.05) is 18.7 Å². The van der Waals surface area contributed by atoms with E-state index in [-0.39, 0.29) is 11.0 Å².